The van der Waals surface area contributed by atoms with Gasteiger partial charge in [0, 0.05) is 0 Å². The highest BCUT2D eigenvalue weighted by atomic mass is 16.5. The van der Waals surface area contributed by atoms with E-state index in [-0.39, 0.29) is 6.42 Å². The summed E-state index contributed by atoms with van der Waals surface area (Å²) in [6.07, 6.45) is -0.00986. The van der Waals surface area contributed by atoms with Crippen molar-refractivity contribution in [1.82, 2.24) is 9.97 Å². The average molecular weight is 212 g/mol. The van der Waals surface area contributed by atoms with Gasteiger partial charge < -0.3 is 14.2 Å². The van der Waals surface area contributed by atoms with E-state index in [0.29, 0.717) is 17.6 Å². The number of hydrogen-bond donors (Lipinski definition) is 0. The second-order valence-corrected chi connectivity index (χ2v) is 2.62. The summed E-state index contributed by atoms with van der Waals surface area (Å²) in [5.74, 6) is 0.588. The van der Waals surface area contributed by atoms with Crippen molar-refractivity contribution in [2.24, 2.45) is 0 Å². The minimum atomic E-state index is -0.412. The normalized spacial score (nSPS) is 9.53. The molecule has 6 nitrogen and oxygen atoms in total. The van der Waals surface area contributed by atoms with Crippen molar-refractivity contribution in [3.05, 3.63) is 11.9 Å². The van der Waals surface area contributed by atoms with E-state index in [9.17, 15) is 4.79 Å². The monoisotopic (exact) mass is 212 g/mol. The summed E-state index contributed by atoms with van der Waals surface area (Å²) in [5, 5.41) is 0. The molecule has 0 bridgehead atoms. The average Bonchev–Trinajstić information content (AvgIpc) is 2.28. The Morgan fingerprint density at radius 3 is 2.13 bits per heavy atom. The van der Waals surface area contributed by atoms with Crippen LogP contribution < -0.4 is 9.47 Å². The number of methoxy groups -OCH3 is 3. The number of carbonyl (C=O) groups excluding carboxylic acids is 1. The molecular formula is C9H12N2O4. The maximum atomic E-state index is 11.0. The van der Waals surface area contributed by atoms with Gasteiger partial charge >= 0.3 is 5.97 Å². The predicted molar refractivity (Wildman–Crippen MR) is 50.9 cm³/mol. The van der Waals surface area contributed by atoms with E-state index in [1.807, 2.05) is 0 Å². The summed E-state index contributed by atoms with van der Waals surface area (Å²) in [6, 6.07) is 1.53. The molecule has 0 unspecified atom stereocenters. The van der Waals surface area contributed by atoms with Crippen LogP contribution in [0.15, 0.2) is 6.07 Å². The van der Waals surface area contributed by atoms with Gasteiger partial charge in [0.1, 0.15) is 12.2 Å². The molecule has 1 heterocycles. The number of nitrogens with zero attached hydrogens (tertiary/aromatic N) is 2. The topological polar surface area (TPSA) is 70.5 Å². The number of rotatable bonds is 4. The van der Waals surface area contributed by atoms with Crippen LogP contribution in [-0.2, 0) is 16.0 Å². The van der Waals surface area contributed by atoms with Gasteiger partial charge in [0.05, 0.1) is 27.4 Å². The first-order valence-corrected chi connectivity index (χ1v) is 4.22. The Morgan fingerprint density at radius 1 is 1.20 bits per heavy atom. The van der Waals surface area contributed by atoms with Crippen molar-refractivity contribution >= 4 is 5.97 Å². The van der Waals surface area contributed by atoms with E-state index in [0.717, 1.165) is 0 Å². The maximum absolute atomic E-state index is 11.0. The molecule has 0 aromatic carbocycles. The Labute approximate surface area is 87.2 Å². The summed E-state index contributed by atoms with van der Waals surface area (Å²) < 4.78 is 14.4. The van der Waals surface area contributed by atoms with Crippen LogP contribution in [0.5, 0.6) is 11.8 Å². The van der Waals surface area contributed by atoms with Crippen LogP contribution in [0.1, 0.15) is 5.82 Å². The maximum Gasteiger partial charge on any atom is 0.313 e. The van der Waals surface area contributed by atoms with Crippen LogP contribution in [0, 0.1) is 0 Å². The lowest BCUT2D eigenvalue weighted by Crippen LogP contribution is -2.09. The highest BCUT2D eigenvalue weighted by Gasteiger charge is 2.09. The third-order valence-electron chi connectivity index (χ3n) is 1.67. The van der Waals surface area contributed by atoms with Gasteiger partial charge in [0.15, 0.2) is 0 Å². The molecule has 6 heteroatoms. The van der Waals surface area contributed by atoms with Crippen molar-refractivity contribution in [2.45, 2.75) is 6.42 Å². The van der Waals surface area contributed by atoms with Gasteiger partial charge in [0.2, 0.25) is 11.8 Å². The van der Waals surface area contributed by atoms with Crippen molar-refractivity contribution in [2.75, 3.05) is 21.3 Å². The molecule has 0 aliphatic rings. The highest BCUT2D eigenvalue weighted by molar-refractivity contribution is 5.71. The molecule has 1 aromatic heterocycles. The molecule has 0 aliphatic heterocycles. The lowest BCUT2D eigenvalue weighted by molar-refractivity contribution is -0.139. The Morgan fingerprint density at radius 2 is 1.73 bits per heavy atom. The van der Waals surface area contributed by atoms with Gasteiger partial charge in [-0.2, -0.15) is 9.97 Å². The van der Waals surface area contributed by atoms with E-state index in [1.54, 1.807) is 0 Å². The Kier molecular flexibility index (Phi) is 3.84. The zero-order valence-corrected chi connectivity index (χ0v) is 8.81. The van der Waals surface area contributed by atoms with Crippen molar-refractivity contribution in [3.63, 3.8) is 0 Å². The molecule has 0 aliphatic carbocycles. The third-order valence-corrected chi connectivity index (χ3v) is 1.67. The van der Waals surface area contributed by atoms with Gasteiger partial charge in [0.25, 0.3) is 0 Å². The Balaban J connectivity index is 2.91. The van der Waals surface area contributed by atoms with E-state index in [4.69, 9.17) is 9.47 Å². The summed E-state index contributed by atoms with van der Waals surface area (Å²) in [7, 11) is 4.26. The molecule has 0 radical (unpaired) electrons. The molecule has 1 aromatic rings. The first-order valence-electron chi connectivity index (χ1n) is 4.22. The summed E-state index contributed by atoms with van der Waals surface area (Å²) >= 11 is 0. The van der Waals surface area contributed by atoms with Crippen molar-refractivity contribution in [3.8, 4) is 11.8 Å². The molecule has 0 fully saturated rings. The fourth-order valence-electron chi connectivity index (χ4n) is 0.939. The summed E-state index contributed by atoms with van der Waals surface area (Å²) in [6.45, 7) is 0. The number of esters is 1. The van der Waals surface area contributed by atoms with Gasteiger partial charge in [-0.1, -0.05) is 0 Å². The largest absolute Gasteiger partial charge is 0.481 e. The molecule has 0 N–H and O–H groups in total. The SMILES string of the molecule is COC(=O)Cc1nc(OC)cc(OC)n1. The van der Waals surface area contributed by atoms with Crippen LogP contribution >= 0.6 is 0 Å². The zero-order valence-electron chi connectivity index (χ0n) is 8.81. The van der Waals surface area contributed by atoms with Crippen LogP contribution in [-0.4, -0.2) is 37.3 Å². The molecule has 1 rings (SSSR count). The first kappa shape index (κ1) is 11.2. The zero-order chi connectivity index (χ0) is 11.3. The molecule has 15 heavy (non-hydrogen) atoms. The fourth-order valence-corrected chi connectivity index (χ4v) is 0.939. The molecule has 82 valence electrons. The molecule has 0 saturated carbocycles. The van der Waals surface area contributed by atoms with Crippen LogP contribution in [0.2, 0.25) is 0 Å². The molecule has 0 amide bonds. The standard InChI is InChI=1S/C9H12N2O4/c1-13-7-5-8(14-2)11-6(10-7)4-9(12)15-3/h5H,4H2,1-3H3. The van der Waals surface area contributed by atoms with Gasteiger partial charge in [-0.15, -0.1) is 0 Å². The summed E-state index contributed by atoms with van der Waals surface area (Å²) in [5.41, 5.74) is 0. The van der Waals surface area contributed by atoms with E-state index in [1.165, 1.54) is 27.4 Å². The van der Waals surface area contributed by atoms with Crippen LogP contribution in [0.4, 0.5) is 0 Å². The minimum Gasteiger partial charge on any atom is -0.481 e. The smallest absolute Gasteiger partial charge is 0.313 e. The molecule has 0 saturated heterocycles. The number of carbonyl (C=O) groups is 1. The molecular weight excluding hydrogens is 200 g/mol. The van der Waals surface area contributed by atoms with Crippen LogP contribution in [0.25, 0.3) is 0 Å². The molecule has 0 atom stereocenters. The minimum absolute atomic E-state index is 0.00986. The first-order chi connectivity index (χ1) is 7.19. The van der Waals surface area contributed by atoms with Crippen LogP contribution in [0.3, 0.4) is 0 Å². The number of hydrogen-bond acceptors (Lipinski definition) is 6. The summed E-state index contributed by atoms with van der Waals surface area (Å²) in [4.78, 5) is 18.9. The van der Waals surface area contributed by atoms with Crippen molar-refractivity contribution in [1.29, 1.82) is 0 Å². The number of ether oxygens (including phenoxy) is 3. The molecule has 0 spiro atoms. The second kappa shape index (κ2) is 5.14. The van der Waals surface area contributed by atoms with Gasteiger partial charge in [-0.3, -0.25) is 4.79 Å². The Hall–Kier alpha value is -1.85. The quantitative estimate of drug-likeness (QED) is 0.664. The van der Waals surface area contributed by atoms with E-state index < -0.39 is 5.97 Å². The van der Waals surface area contributed by atoms with Crippen molar-refractivity contribution < 1.29 is 19.0 Å². The lowest BCUT2D eigenvalue weighted by Gasteiger charge is -2.05. The third kappa shape index (κ3) is 3.08. The van der Waals surface area contributed by atoms with E-state index >= 15 is 0 Å². The Bertz CT molecular complexity index is 332. The van der Waals surface area contributed by atoms with Gasteiger partial charge in [-0.25, -0.2) is 0 Å². The number of aromatic nitrogens is 2. The second-order valence-electron chi connectivity index (χ2n) is 2.62. The fraction of sp³-hybridized carbons (Fsp3) is 0.444. The predicted octanol–water partition coefficient (Wildman–Crippen LogP) is 0.209. The lowest BCUT2D eigenvalue weighted by atomic mass is 10.4. The van der Waals surface area contributed by atoms with Gasteiger partial charge in [-0.05, 0) is 0 Å². The highest BCUT2D eigenvalue weighted by Crippen LogP contribution is 2.14. The van der Waals surface area contributed by atoms with E-state index in [2.05, 4.69) is 14.7 Å².